The summed E-state index contributed by atoms with van der Waals surface area (Å²) in [5.41, 5.74) is 3.12. The van der Waals surface area contributed by atoms with Crippen LogP contribution in [0.2, 0.25) is 0 Å². The minimum atomic E-state index is -0.439. The second-order valence-electron chi connectivity index (χ2n) is 2.92. The van der Waals surface area contributed by atoms with Crippen molar-refractivity contribution in [1.29, 1.82) is 0 Å². The van der Waals surface area contributed by atoms with E-state index in [0.717, 1.165) is 0 Å². The van der Waals surface area contributed by atoms with E-state index in [0.29, 0.717) is 17.4 Å². The van der Waals surface area contributed by atoms with Gasteiger partial charge in [0.1, 0.15) is 23.9 Å². The second-order valence-corrected chi connectivity index (χ2v) is 2.92. The van der Waals surface area contributed by atoms with E-state index >= 15 is 0 Å². The first-order valence-electron chi connectivity index (χ1n) is 4.53. The van der Waals surface area contributed by atoms with E-state index in [4.69, 9.17) is 10.6 Å². The van der Waals surface area contributed by atoms with Gasteiger partial charge in [-0.2, -0.15) is 5.10 Å². The molecule has 0 saturated heterocycles. The Labute approximate surface area is 91.2 Å². The summed E-state index contributed by atoms with van der Waals surface area (Å²) in [5.74, 6) is 6.39. The molecular formula is C8H11N7O. The molecule has 2 aromatic rings. The summed E-state index contributed by atoms with van der Waals surface area (Å²) in [6.45, 7) is 0. The number of aromatic nitrogens is 5. The zero-order valence-corrected chi connectivity index (χ0v) is 8.58. The maximum Gasteiger partial charge on any atom is 0.237 e. The van der Waals surface area contributed by atoms with Crippen molar-refractivity contribution < 1.29 is 4.74 Å². The molecule has 0 aliphatic carbocycles. The molecule has 8 nitrogen and oxygen atoms in total. The Morgan fingerprint density at radius 2 is 2.19 bits per heavy atom. The van der Waals surface area contributed by atoms with Crippen LogP contribution in [0, 0.1) is 0 Å². The Morgan fingerprint density at radius 3 is 2.81 bits per heavy atom. The summed E-state index contributed by atoms with van der Waals surface area (Å²) in [7, 11) is 1.52. The highest BCUT2D eigenvalue weighted by molar-refractivity contribution is 5.25. The van der Waals surface area contributed by atoms with E-state index in [9.17, 15) is 0 Å². The number of hydrogen-bond donors (Lipinski definition) is 3. The van der Waals surface area contributed by atoms with Crippen LogP contribution >= 0.6 is 0 Å². The zero-order chi connectivity index (χ0) is 11.4. The number of rotatable bonds is 4. The van der Waals surface area contributed by atoms with Crippen molar-refractivity contribution in [3.63, 3.8) is 0 Å². The SMILES string of the molecule is COc1nccnc1C(NN)c1ncn[nH]1. The van der Waals surface area contributed by atoms with Gasteiger partial charge in [0.05, 0.1) is 7.11 Å². The average molecular weight is 221 g/mol. The van der Waals surface area contributed by atoms with Crippen LogP contribution in [0.25, 0.3) is 0 Å². The van der Waals surface area contributed by atoms with E-state index in [2.05, 4.69) is 30.6 Å². The lowest BCUT2D eigenvalue weighted by molar-refractivity contribution is 0.381. The Kier molecular flexibility index (Phi) is 3.03. The Bertz CT molecular complexity index is 443. The molecular weight excluding hydrogens is 210 g/mol. The lowest BCUT2D eigenvalue weighted by Crippen LogP contribution is -2.30. The highest BCUT2D eigenvalue weighted by Crippen LogP contribution is 2.22. The molecule has 0 spiro atoms. The van der Waals surface area contributed by atoms with E-state index < -0.39 is 6.04 Å². The van der Waals surface area contributed by atoms with Gasteiger partial charge in [0.25, 0.3) is 0 Å². The molecule has 0 aliphatic heterocycles. The number of ether oxygens (including phenoxy) is 1. The lowest BCUT2D eigenvalue weighted by Gasteiger charge is -2.14. The summed E-state index contributed by atoms with van der Waals surface area (Å²) >= 11 is 0. The third kappa shape index (κ3) is 1.83. The van der Waals surface area contributed by atoms with E-state index in [1.54, 1.807) is 6.20 Å². The van der Waals surface area contributed by atoms with Crippen LogP contribution < -0.4 is 16.0 Å². The molecule has 0 aromatic carbocycles. The molecule has 2 heterocycles. The molecule has 0 fully saturated rings. The van der Waals surface area contributed by atoms with E-state index in [1.807, 2.05) is 0 Å². The molecule has 0 aliphatic rings. The monoisotopic (exact) mass is 221 g/mol. The van der Waals surface area contributed by atoms with Crippen molar-refractivity contribution in [3.8, 4) is 5.88 Å². The molecule has 0 amide bonds. The number of hydrogen-bond acceptors (Lipinski definition) is 7. The highest BCUT2D eigenvalue weighted by Gasteiger charge is 2.21. The zero-order valence-electron chi connectivity index (χ0n) is 8.58. The largest absolute Gasteiger partial charge is 0.480 e. The second kappa shape index (κ2) is 4.64. The van der Waals surface area contributed by atoms with Crippen molar-refractivity contribution in [1.82, 2.24) is 30.6 Å². The van der Waals surface area contributed by atoms with Crippen molar-refractivity contribution >= 4 is 0 Å². The molecule has 0 bridgehead atoms. The van der Waals surface area contributed by atoms with E-state index in [-0.39, 0.29) is 0 Å². The molecule has 1 atom stereocenters. The minimum absolute atomic E-state index is 0.391. The lowest BCUT2D eigenvalue weighted by atomic mass is 10.2. The number of methoxy groups -OCH3 is 1. The molecule has 2 rings (SSSR count). The summed E-state index contributed by atoms with van der Waals surface area (Å²) < 4.78 is 5.09. The van der Waals surface area contributed by atoms with Crippen LogP contribution in [0.5, 0.6) is 5.88 Å². The fraction of sp³-hybridized carbons (Fsp3) is 0.250. The number of nitrogens with zero attached hydrogens (tertiary/aromatic N) is 4. The fourth-order valence-electron chi connectivity index (χ4n) is 1.33. The van der Waals surface area contributed by atoms with Crippen molar-refractivity contribution in [2.24, 2.45) is 5.84 Å². The molecule has 0 radical (unpaired) electrons. The van der Waals surface area contributed by atoms with Crippen LogP contribution in [-0.2, 0) is 0 Å². The van der Waals surface area contributed by atoms with Crippen LogP contribution in [-0.4, -0.2) is 32.3 Å². The van der Waals surface area contributed by atoms with Gasteiger partial charge in [0, 0.05) is 12.4 Å². The van der Waals surface area contributed by atoms with E-state index in [1.165, 1.54) is 19.6 Å². The fourth-order valence-corrected chi connectivity index (χ4v) is 1.33. The molecule has 1 unspecified atom stereocenters. The topological polar surface area (TPSA) is 115 Å². The maximum absolute atomic E-state index is 5.46. The van der Waals surface area contributed by atoms with Crippen LogP contribution in [0.1, 0.15) is 17.6 Å². The van der Waals surface area contributed by atoms with Gasteiger partial charge in [0.15, 0.2) is 0 Å². The highest BCUT2D eigenvalue weighted by atomic mass is 16.5. The summed E-state index contributed by atoms with van der Waals surface area (Å²) in [4.78, 5) is 12.2. The van der Waals surface area contributed by atoms with Crippen LogP contribution in [0.15, 0.2) is 18.7 Å². The summed E-state index contributed by atoms with van der Waals surface area (Å²) in [6.07, 6.45) is 4.48. The molecule has 16 heavy (non-hydrogen) atoms. The van der Waals surface area contributed by atoms with Gasteiger partial charge in [-0.15, -0.1) is 0 Å². The normalized spacial score (nSPS) is 12.4. The predicted octanol–water partition coefficient (Wildman–Crippen LogP) is -0.844. The smallest absolute Gasteiger partial charge is 0.237 e. The molecule has 8 heteroatoms. The van der Waals surface area contributed by atoms with Crippen LogP contribution in [0.4, 0.5) is 0 Å². The van der Waals surface area contributed by atoms with Gasteiger partial charge in [-0.1, -0.05) is 0 Å². The molecule has 4 N–H and O–H groups in total. The molecule has 0 saturated carbocycles. The molecule has 84 valence electrons. The predicted molar refractivity (Wildman–Crippen MR) is 54.1 cm³/mol. The van der Waals surface area contributed by atoms with Gasteiger partial charge in [-0.25, -0.2) is 15.4 Å². The molecule has 2 aromatic heterocycles. The Morgan fingerprint density at radius 1 is 1.38 bits per heavy atom. The third-order valence-corrected chi connectivity index (χ3v) is 2.03. The first kappa shape index (κ1) is 10.5. The quantitative estimate of drug-likeness (QED) is 0.455. The number of nitrogens with two attached hydrogens (primary N) is 1. The minimum Gasteiger partial charge on any atom is -0.480 e. The summed E-state index contributed by atoms with van der Waals surface area (Å²) in [5, 5.41) is 6.46. The van der Waals surface area contributed by atoms with Crippen LogP contribution in [0.3, 0.4) is 0 Å². The first-order chi connectivity index (χ1) is 7.86. The van der Waals surface area contributed by atoms with Gasteiger partial charge in [-0.05, 0) is 0 Å². The maximum atomic E-state index is 5.46. The standard InChI is InChI=1S/C8H11N7O/c1-16-8-6(10-2-3-11-8)5(14-9)7-12-4-13-15-7/h2-5,14H,9H2,1H3,(H,12,13,15). The van der Waals surface area contributed by atoms with Gasteiger partial charge < -0.3 is 4.74 Å². The Balaban J connectivity index is 2.41. The number of nitrogens with one attached hydrogen (secondary N) is 2. The van der Waals surface area contributed by atoms with Gasteiger partial charge in [-0.3, -0.25) is 15.9 Å². The third-order valence-electron chi connectivity index (χ3n) is 2.03. The average Bonchev–Trinajstić information content (AvgIpc) is 2.84. The van der Waals surface area contributed by atoms with Gasteiger partial charge in [0.2, 0.25) is 5.88 Å². The van der Waals surface area contributed by atoms with Crippen molar-refractivity contribution in [2.45, 2.75) is 6.04 Å². The Hall–Kier alpha value is -2.06. The number of aromatic amines is 1. The van der Waals surface area contributed by atoms with Gasteiger partial charge >= 0.3 is 0 Å². The van der Waals surface area contributed by atoms with Crippen molar-refractivity contribution in [2.75, 3.05) is 7.11 Å². The number of H-pyrrole nitrogens is 1. The van der Waals surface area contributed by atoms with Crippen molar-refractivity contribution in [3.05, 3.63) is 30.2 Å². The number of hydrazine groups is 1. The first-order valence-corrected chi connectivity index (χ1v) is 4.53. The summed E-state index contributed by atoms with van der Waals surface area (Å²) in [6, 6.07) is -0.439.